The minimum absolute atomic E-state index is 0.0581. The third-order valence-corrected chi connectivity index (χ3v) is 2.84. The van der Waals surface area contributed by atoms with Crippen molar-refractivity contribution in [1.29, 1.82) is 0 Å². The van der Waals surface area contributed by atoms with Gasteiger partial charge in [0.15, 0.2) is 6.61 Å². The molecule has 0 aliphatic heterocycles. The van der Waals surface area contributed by atoms with Gasteiger partial charge in [0.05, 0.1) is 13.7 Å². The quantitative estimate of drug-likeness (QED) is 0.761. The van der Waals surface area contributed by atoms with E-state index in [9.17, 15) is 9.90 Å². The molecular formula is C15H23NO4. The molecule has 0 atom stereocenters. The normalized spacial score (nSPS) is 10.4. The van der Waals surface area contributed by atoms with Crippen LogP contribution in [-0.4, -0.2) is 31.3 Å². The van der Waals surface area contributed by atoms with E-state index in [4.69, 9.17) is 9.47 Å². The summed E-state index contributed by atoms with van der Waals surface area (Å²) in [6.07, 6.45) is 0.941. The van der Waals surface area contributed by atoms with Gasteiger partial charge in [-0.2, -0.15) is 0 Å². The Balaban J connectivity index is 2.46. The molecule has 0 aromatic heterocycles. The second-order valence-electron chi connectivity index (χ2n) is 4.95. The molecule has 0 fully saturated rings. The molecule has 0 aliphatic rings. The molecule has 0 heterocycles. The number of carbonyl (C=O) groups is 1. The second-order valence-corrected chi connectivity index (χ2v) is 4.95. The number of amides is 1. The van der Waals surface area contributed by atoms with Gasteiger partial charge in [0.25, 0.3) is 5.91 Å². The Morgan fingerprint density at radius 1 is 1.40 bits per heavy atom. The standard InChI is InChI=1S/C15H23NO4/c1-11(2)6-7-16-15(18)10-20-14-5-4-13(19-3)8-12(14)9-17/h4-5,8,11,17H,6-7,9-10H2,1-3H3,(H,16,18). The first kappa shape index (κ1) is 16.3. The van der Waals surface area contributed by atoms with Gasteiger partial charge in [-0.15, -0.1) is 0 Å². The van der Waals surface area contributed by atoms with E-state index >= 15 is 0 Å². The van der Waals surface area contributed by atoms with Crippen molar-refractivity contribution in [2.24, 2.45) is 5.92 Å². The van der Waals surface area contributed by atoms with Crippen LogP contribution in [0.15, 0.2) is 18.2 Å². The molecule has 20 heavy (non-hydrogen) atoms. The molecule has 1 rings (SSSR count). The topological polar surface area (TPSA) is 67.8 Å². The van der Waals surface area contributed by atoms with Gasteiger partial charge in [-0.3, -0.25) is 4.79 Å². The fourth-order valence-corrected chi connectivity index (χ4v) is 1.64. The summed E-state index contributed by atoms with van der Waals surface area (Å²) in [6.45, 7) is 4.63. The van der Waals surface area contributed by atoms with E-state index < -0.39 is 0 Å². The Kier molecular flexibility index (Phi) is 6.87. The van der Waals surface area contributed by atoms with E-state index in [0.717, 1.165) is 6.42 Å². The number of benzene rings is 1. The molecule has 0 aliphatic carbocycles. The first-order valence-electron chi connectivity index (χ1n) is 6.74. The maximum Gasteiger partial charge on any atom is 0.257 e. The molecule has 1 aromatic carbocycles. The molecule has 0 spiro atoms. The highest BCUT2D eigenvalue weighted by molar-refractivity contribution is 5.77. The lowest BCUT2D eigenvalue weighted by atomic mass is 10.1. The number of carbonyl (C=O) groups excluding carboxylic acids is 1. The van der Waals surface area contributed by atoms with Gasteiger partial charge >= 0.3 is 0 Å². The largest absolute Gasteiger partial charge is 0.497 e. The van der Waals surface area contributed by atoms with Crippen molar-refractivity contribution < 1.29 is 19.4 Å². The summed E-state index contributed by atoms with van der Waals surface area (Å²) in [4.78, 5) is 11.6. The molecule has 0 bridgehead atoms. The van der Waals surface area contributed by atoms with Crippen molar-refractivity contribution in [3.8, 4) is 11.5 Å². The zero-order chi connectivity index (χ0) is 15.0. The predicted octanol–water partition coefficient (Wildman–Crippen LogP) is 1.73. The number of methoxy groups -OCH3 is 1. The summed E-state index contributed by atoms with van der Waals surface area (Å²) >= 11 is 0. The molecule has 1 aromatic rings. The number of aliphatic hydroxyl groups excluding tert-OH is 1. The Hall–Kier alpha value is -1.75. The summed E-state index contributed by atoms with van der Waals surface area (Å²) in [6, 6.07) is 5.10. The van der Waals surface area contributed by atoms with Crippen LogP contribution in [0, 0.1) is 5.92 Å². The fourth-order valence-electron chi connectivity index (χ4n) is 1.64. The molecule has 5 heteroatoms. The number of nitrogens with one attached hydrogen (secondary N) is 1. The Labute approximate surface area is 119 Å². The highest BCUT2D eigenvalue weighted by Crippen LogP contribution is 2.24. The van der Waals surface area contributed by atoms with Crippen molar-refractivity contribution in [2.45, 2.75) is 26.9 Å². The molecule has 5 nitrogen and oxygen atoms in total. The maximum absolute atomic E-state index is 11.6. The molecule has 0 unspecified atom stereocenters. The predicted molar refractivity (Wildman–Crippen MR) is 76.9 cm³/mol. The summed E-state index contributed by atoms with van der Waals surface area (Å²) < 4.78 is 10.5. The summed E-state index contributed by atoms with van der Waals surface area (Å²) in [5, 5.41) is 12.1. The molecule has 112 valence electrons. The van der Waals surface area contributed by atoms with Gasteiger partial charge in [-0.05, 0) is 30.5 Å². The van der Waals surface area contributed by atoms with E-state index in [1.165, 1.54) is 0 Å². The van der Waals surface area contributed by atoms with Gasteiger partial charge in [0, 0.05) is 12.1 Å². The van der Waals surface area contributed by atoms with Gasteiger partial charge in [-0.25, -0.2) is 0 Å². The Morgan fingerprint density at radius 3 is 2.75 bits per heavy atom. The second kappa shape index (κ2) is 8.43. The molecule has 0 saturated carbocycles. The van der Waals surface area contributed by atoms with Crippen LogP contribution >= 0.6 is 0 Å². The van der Waals surface area contributed by atoms with Crippen LogP contribution < -0.4 is 14.8 Å². The van der Waals surface area contributed by atoms with Crippen molar-refractivity contribution in [2.75, 3.05) is 20.3 Å². The highest BCUT2D eigenvalue weighted by Gasteiger charge is 2.08. The first-order chi connectivity index (χ1) is 9.56. The molecule has 0 saturated heterocycles. The number of aliphatic hydroxyl groups is 1. The Morgan fingerprint density at radius 2 is 2.15 bits per heavy atom. The number of hydrogen-bond donors (Lipinski definition) is 2. The average molecular weight is 281 g/mol. The molecule has 0 radical (unpaired) electrons. The van der Waals surface area contributed by atoms with Gasteiger partial charge in [0.1, 0.15) is 11.5 Å². The summed E-state index contributed by atoms with van der Waals surface area (Å²) in [7, 11) is 1.55. The molecule has 1 amide bonds. The average Bonchev–Trinajstić information content (AvgIpc) is 2.44. The monoisotopic (exact) mass is 281 g/mol. The van der Waals surface area contributed by atoms with Crippen LogP contribution in [0.2, 0.25) is 0 Å². The molecular weight excluding hydrogens is 258 g/mol. The maximum atomic E-state index is 11.6. The van der Waals surface area contributed by atoms with Crippen molar-refractivity contribution in [3.63, 3.8) is 0 Å². The lowest BCUT2D eigenvalue weighted by Gasteiger charge is -2.12. The number of rotatable bonds is 8. The lowest BCUT2D eigenvalue weighted by Crippen LogP contribution is -2.30. The van der Waals surface area contributed by atoms with Crippen molar-refractivity contribution in [3.05, 3.63) is 23.8 Å². The zero-order valence-corrected chi connectivity index (χ0v) is 12.3. The van der Waals surface area contributed by atoms with Crippen LogP contribution in [0.4, 0.5) is 0 Å². The third-order valence-electron chi connectivity index (χ3n) is 2.84. The van der Waals surface area contributed by atoms with E-state index in [1.807, 2.05) is 0 Å². The van der Waals surface area contributed by atoms with E-state index in [-0.39, 0.29) is 19.1 Å². The van der Waals surface area contributed by atoms with Crippen LogP contribution in [-0.2, 0) is 11.4 Å². The van der Waals surface area contributed by atoms with Gasteiger partial charge < -0.3 is 19.9 Å². The molecule has 2 N–H and O–H groups in total. The smallest absolute Gasteiger partial charge is 0.257 e. The number of hydrogen-bond acceptors (Lipinski definition) is 4. The highest BCUT2D eigenvalue weighted by atomic mass is 16.5. The van der Waals surface area contributed by atoms with Crippen LogP contribution in [0.25, 0.3) is 0 Å². The van der Waals surface area contributed by atoms with Crippen molar-refractivity contribution in [1.82, 2.24) is 5.32 Å². The van der Waals surface area contributed by atoms with Crippen molar-refractivity contribution >= 4 is 5.91 Å². The number of ether oxygens (including phenoxy) is 2. The third kappa shape index (κ3) is 5.48. The zero-order valence-electron chi connectivity index (χ0n) is 12.3. The van der Waals surface area contributed by atoms with Gasteiger partial charge in [-0.1, -0.05) is 13.8 Å². The van der Waals surface area contributed by atoms with E-state index in [1.54, 1.807) is 25.3 Å². The van der Waals surface area contributed by atoms with Crippen LogP contribution in [0.1, 0.15) is 25.8 Å². The van der Waals surface area contributed by atoms with E-state index in [0.29, 0.717) is 29.5 Å². The first-order valence-corrected chi connectivity index (χ1v) is 6.74. The SMILES string of the molecule is COc1ccc(OCC(=O)NCCC(C)C)c(CO)c1. The summed E-state index contributed by atoms with van der Waals surface area (Å²) in [5.74, 6) is 1.53. The van der Waals surface area contributed by atoms with E-state index in [2.05, 4.69) is 19.2 Å². The van der Waals surface area contributed by atoms with Crippen LogP contribution in [0.5, 0.6) is 11.5 Å². The van der Waals surface area contributed by atoms with Gasteiger partial charge in [0.2, 0.25) is 0 Å². The lowest BCUT2D eigenvalue weighted by molar-refractivity contribution is -0.123. The van der Waals surface area contributed by atoms with Crippen LogP contribution in [0.3, 0.4) is 0 Å². The Bertz CT molecular complexity index is 432. The minimum Gasteiger partial charge on any atom is -0.497 e. The minimum atomic E-state index is -0.165. The fraction of sp³-hybridized carbons (Fsp3) is 0.533. The summed E-state index contributed by atoms with van der Waals surface area (Å²) in [5.41, 5.74) is 0.597.